The number of carbonyl (C=O) groups excluding carboxylic acids is 2. The van der Waals surface area contributed by atoms with Crippen molar-refractivity contribution in [1.29, 1.82) is 0 Å². The standard InChI is InChI=1S/C17H19N3O3S/c1-18-6-2-4-13(16(18)22)17(23)20-9-7-19(8-10-20)12-14(21)15-5-3-11-24-15/h2-6,11H,7-10,12H2,1H3. The minimum Gasteiger partial charge on any atom is -0.336 e. The van der Waals surface area contributed by atoms with Gasteiger partial charge in [-0.1, -0.05) is 6.07 Å². The molecule has 1 amide bonds. The van der Waals surface area contributed by atoms with E-state index in [9.17, 15) is 14.4 Å². The van der Waals surface area contributed by atoms with Crippen molar-refractivity contribution < 1.29 is 9.59 Å². The van der Waals surface area contributed by atoms with Crippen LogP contribution >= 0.6 is 11.3 Å². The van der Waals surface area contributed by atoms with Crippen LogP contribution < -0.4 is 5.56 Å². The number of aryl methyl sites for hydroxylation is 1. The molecule has 1 saturated heterocycles. The van der Waals surface area contributed by atoms with Gasteiger partial charge < -0.3 is 9.47 Å². The Hall–Kier alpha value is -2.25. The molecule has 0 saturated carbocycles. The van der Waals surface area contributed by atoms with E-state index in [4.69, 9.17) is 0 Å². The van der Waals surface area contributed by atoms with Crippen LogP contribution in [0.2, 0.25) is 0 Å². The number of amides is 1. The van der Waals surface area contributed by atoms with Gasteiger partial charge in [-0.15, -0.1) is 11.3 Å². The lowest BCUT2D eigenvalue weighted by Gasteiger charge is -2.34. The minimum absolute atomic E-state index is 0.113. The maximum Gasteiger partial charge on any atom is 0.263 e. The molecule has 1 aliphatic rings. The van der Waals surface area contributed by atoms with E-state index in [1.807, 2.05) is 17.5 Å². The lowest BCUT2D eigenvalue weighted by Crippen LogP contribution is -2.50. The molecule has 3 heterocycles. The van der Waals surface area contributed by atoms with Gasteiger partial charge in [0, 0.05) is 39.4 Å². The maximum atomic E-state index is 12.5. The summed E-state index contributed by atoms with van der Waals surface area (Å²) in [6.07, 6.45) is 1.63. The molecule has 0 bridgehead atoms. The van der Waals surface area contributed by atoms with E-state index in [2.05, 4.69) is 4.90 Å². The second-order valence-corrected chi connectivity index (χ2v) is 6.75. The molecule has 126 valence electrons. The summed E-state index contributed by atoms with van der Waals surface area (Å²) in [5.74, 6) is -0.123. The number of hydrogen-bond donors (Lipinski definition) is 0. The number of hydrogen-bond acceptors (Lipinski definition) is 5. The maximum absolute atomic E-state index is 12.5. The van der Waals surface area contributed by atoms with Crippen molar-refractivity contribution in [3.63, 3.8) is 0 Å². The summed E-state index contributed by atoms with van der Waals surface area (Å²) in [6.45, 7) is 2.69. The van der Waals surface area contributed by atoms with Crippen LogP contribution in [-0.2, 0) is 7.05 Å². The summed E-state index contributed by atoms with van der Waals surface area (Å²) in [5, 5.41) is 1.89. The summed E-state index contributed by atoms with van der Waals surface area (Å²) in [4.78, 5) is 41.2. The predicted octanol–water partition coefficient (Wildman–Crippen LogP) is 1.09. The minimum atomic E-state index is -0.280. The molecule has 0 atom stereocenters. The highest BCUT2D eigenvalue weighted by molar-refractivity contribution is 7.12. The van der Waals surface area contributed by atoms with Crippen LogP contribution in [0.4, 0.5) is 0 Å². The quantitative estimate of drug-likeness (QED) is 0.778. The average Bonchev–Trinajstić information content (AvgIpc) is 3.12. The molecule has 1 aliphatic heterocycles. The fraction of sp³-hybridized carbons (Fsp3) is 0.353. The van der Waals surface area contributed by atoms with E-state index in [1.54, 1.807) is 30.3 Å². The van der Waals surface area contributed by atoms with Crippen molar-refractivity contribution >= 4 is 23.0 Å². The number of aromatic nitrogens is 1. The van der Waals surface area contributed by atoms with Crippen molar-refractivity contribution in [3.8, 4) is 0 Å². The molecular formula is C17H19N3O3S. The Kier molecular flexibility index (Phi) is 4.92. The monoisotopic (exact) mass is 345 g/mol. The SMILES string of the molecule is Cn1cccc(C(=O)N2CCN(CC(=O)c3cccs3)CC2)c1=O. The van der Waals surface area contributed by atoms with E-state index in [0.29, 0.717) is 32.7 Å². The van der Waals surface area contributed by atoms with Gasteiger partial charge in [-0.05, 0) is 23.6 Å². The Morgan fingerprint density at radius 1 is 1.12 bits per heavy atom. The van der Waals surface area contributed by atoms with Crippen LogP contribution in [0.25, 0.3) is 0 Å². The van der Waals surface area contributed by atoms with Gasteiger partial charge in [0.1, 0.15) is 5.56 Å². The van der Waals surface area contributed by atoms with Crippen LogP contribution in [0.3, 0.4) is 0 Å². The Balaban J connectivity index is 1.59. The van der Waals surface area contributed by atoms with Gasteiger partial charge >= 0.3 is 0 Å². The molecule has 0 spiro atoms. The molecule has 0 N–H and O–H groups in total. The van der Waals surface area contributed by atoms with Gasteiger partial charge in [0.2, 0.25) is 0 Å². The number of thiophene rings is 1. The fourth-order valence-corrected chi connectivity index (χ4v) is 3.41. The van der Waals surface area contributed by atoms with Gasteiger partial charge in [0.25, 0.3) is 11.5 Å². The number of Topliss-reactive ketones (excluding diaryl/α,β-unsaturated/α-hetero) is 1. The summed E-state index contributed by atoms with van der Waals surface area (Å²) in [7, 11) is 1.63. The van der Waals surface area contributed by atoms with Crippen molar-refractivity contribution in [1.82, 2.24) is 14.4 Å². The first kappa shape index (κ1) is 16.6. The summed E-state index contributed by atoms with van der Waals surface area (Å²) in [6, 6.07) is 6.97. The molecule has 1 fully saturated rings. The number of ketones is 1. The topological polar surface area (TPSA) is 62.6 Å². The van der Waals surface area contributed by atoms with Crippen LogP contribution in [0.15, 0.2) is 40.6 Å². The van der Waals surface area contributed by atoms with E-state index in [0.717, 1.165) is 4.88 Å². The molecule has 24 heavy (non-hydrogen) atoms. The Morgan fingerprint density at radius 3 is 2.54 bits per heavy atom. The zero-order valence-corrected chi connectivity index (χ0v) is 14.3. The molecule has 6 nitrogen and oxygen atoms in total. The van der Waals surface area contributed by atoms with Gasteiger partial charge in [-0.2, -0.15) is 0 Å². The van der Waals surface area contributed by atoms with Crippen molar-refractivity contribution in [2.75, 3.05) is 32.7 Å². The molecule has 7 heteroatoms. The van der Waals surface area contributed by atoms with Crippen LogP contribution in [-0.4, -0.2) is 58.8 Å². The largest absolute Gasteiger partial charge is 0.336 e. The number of piperazine rings is 1. The van der Waals surface area contributed by atoms with Gasteiger partial charge in [-0.25, -0.2) is 0 Å². The highest BCUT2D eigenvalue weighted by atomic mass is 32.1. The normalized spacial score (nSPS) is 15.5. The van der Waals surface area contributed by atoms with Gasteiger partial charge in [0.05, 0.1) is 11.4 Å². The zero-order chi connectivity index (χ0) is 17.1. The molecule has 0 radical (unpaired) electrons. The zero-order valence-electron chi connectivity index (χ0n) is 13.5. The molecule has 3 rings (SSSR count). The Bertz CT molecular complexity index is 790. The van der Waals surface area contributed by atoms with E-state index < -0.39 is 0 Å². The first-order valence-electron chi connectivity index (χ1n) is 7.80. The number of rotatable bonds is 4. The third-order valence-electron chi connectivity index (χ3n) is 4.18. The van der Waals surface area contributed by atoms with E-state index >= 15 is 0 Å². The second kappa shape index (κ2) is 7.11. The number of carbonyl (C=O) groups is 2. The van der Waals surface area contributed by atoms with Crippen LogP contribution in [0, 0.1) is 0 Å². The smallest absolute Gasteiger partial charge is 0.263 e. The first-order chi connectivity index (χ1) is 11.6. The van der Waals surface area contributed by atoms with Crippen molar-refractivity contribution in [2.45, 2.75) is 0 Å². The van der Waals surface area contributed by atoms with Crippen LogP contribution in [0.1, 0.15) is 20.0 Å². The third-order valence-corrected chi connectivity index (χ3v) is 5.09. The predicted molar refractivity (Wildman–Crippen MR) is 92.7 cm³/mol. The Morgan fingerprint density at radius 2 is 1.88 bits per heavy atom. The lowest BCUT2D eigenvalue weighted by atomic mass is 10.2. The highest BCUT2D eigenvalue weighted by Gasteiger charge is 2.25. The third kappa shape index (κ3) is 3.47. The summed E-state index contributed by atoms with van der Waals surface area (Å²) >= 11 is 1.45. The van der Waals surface area contributed by atoms with Gasteiger partial charge in [0.15, 0.2) is 5.78 Å². The molecule has 2 aromatic heterocycles. The summed E-state index contributed by atoms with van der Waals surface area (Å²) in [5.41, 5.74) is -0.0825. The van der Waals surface area contributed by atoms with E-state index in [-0.39, 0.29) is 22.8 Å². The van der Waals surface area contributed by atoms with Crippen molar-refractivity contribution in [3.05, 3.63) is 56.6 Å². The number of pyridine rings is 1. The molecule has 0 unspecified atom stereocenters. The van der Waals surface area contributed by atoms with E-state index in [1.165, 1.54) is 15.9 Å². The highest BCUT2D eigenvalue weighted by Crippen LogP contribution is 2.12. The molecule has 0 aliphatic carbocycles. The van der Waals surface area contributed by atoms with Crippen molar-refractivity contribution in [2.24, 2.45) is 7.05 Å². The summed E-state index contributed by atoms with van der Waals surface area (Å²) < 4.78 is 1.41. The van der Waals surface area contributed by atoms with Gasteiger partial charge in [-0.3, -0.25) is 19.3 Å². The fourth-order valence-electron chi connectivity index (χ4n) is 2.76. The second-order valence-electron chi connectivity index (χ2n) is 5.81. The number of nitrogens with zero attached hydrogens (tertiary/aromatic N) is 3. The molecule has 0 aromatic carbocycles. The Labute approximate surface area is 143 Å². The first-order valence-corrected chi connectivity index (χ1v) is 8.68. The molecular weight excluding hydrogens is 326 g/mol. The average molecular weight is 345 g/mol. The molecule has 2 aromatic rings. The lowest BCUT2D eigenvalue weighted by molar-refractivity contribution is 0.0623. The van der Waals surface area contributed by atoms with Crippen LogP contribution in [0.5, 0.6) is 0 Å².